The number of hydrogen-bond donors (Lipinski definition) is 1. The molecule has 1 aliphatic carbocycles. The average Bonchev–Trinajstić information content (AvgIpc) is 3.18. The first-order chi connectivity index (χ1) is 13.6. The van der Waals surface area contributed by atoms with Gasteiger partial charge < -0.3 is 14.8 Å². The van der Waals surface area contributed by atoms with Crippen molar-refractivity contribution < 1.29 is 19.1 Å². The van der Waals surface area contributed by atoms with Crippen LogP contribution in [-0.2, 0) is 33.7 Å². The molecule has 2 aromatic rings. The molecule has 28 heavy (non-hydrogen) atoms. The molecule has 0 saturated carbocycles. The Morgan fingerprint density at radius 2 is 1.93 bits per heavy atom. The van der Waals surface area contributed by atoms with Crippen LogP contribution < -0.4 is 10.1 Å². The Balaban J connectivity index is 1.43. The van der Waals surface area contributed by atoms with E-state index in [1.165, 1.54) is 29.3 Å². The molecule has 1 atom stereocenters. The Labute approximate surface area is 169 Å². The molecule has 148 valence electrons. The van der Waals surface area contributed by atoms with Gasteiger partial charge in [-0.2, -0.15) is 0 Å². The number of nitrogens with one attached hydrogen (secondary N) is 1. The summed E-state index contributed by atoms with van der Waals surface area (Å²) in [7, 11) is 1.59. The smallest absolute Gasteiger partial charge is 0.317 e. The summed E-state index contributed by atoms with van der Waals surface area (Å²) >= 11 is 1.44. The molecule has 2 aromatic carbocycles. The van der Waals surface area contributed by atoms with Gasteiger partial charge in [-0.15, -0.1) is 11.8 Å². The van der Waals surface area contributed by atoms with E-state index in [-0.39, 0.29) is 11.7 Å². The molecule has 0 heterocycles. The number of rotatable bonds is 8. The molecule has 0 aliphatic heterocycles. The maximum Gasteiger partial charge on any atom is 0.317 e. The molecule has 0 unspecified atom stereocenters. The zero-order valence-electron chi connectivity index (χ0n) is 16.2. The number of thioether (sulfide) groups is 1. The molecule has 3 rings (SSSR count). The van der Waals surface area contributed by atoms with Gasteiger partial charge in [0.05, 0.1) is 12.9 Å². The number of amides is 1. The quantitative estimate of drug-likeness (QED) is 0.543. The van der Waals surface area contributed by atoms with Crippen LogP contribution in [0.1, 0.15) is 30.0 Å². The molecule has 0 aromatic heterocycles. The second kappa shape index (κ2) is 9.64. The van der Waals surface area contributed by atoms with Crippen molar-refractivity contribution >= 4 is 23.6 Å². The lowest BCUT2D eigenvalue weighted by atomic mass is 10.1. The topological polar surface area (TPSA) is 64.6 Å². The summed E-state index contributed by atoms with van der Waals surface area (Å²) in [5.74, 6) is 0.161. The van der Waals surface area contributed by atoms with E-state index in [0.717, 1.165) is 23.3 Å². The summed E-state index contributed by atoms with van der Waals surface area (Å²) < 4.78 is 10.5. The van der Waals surface area contributed by atoms with Crippen LogP contribution in [-0.4, -0.2) is 30.8 Å². The maximum atomic E-state index is 12.2. The molecule has 1 N–H and O–H groups in total. The van der Waals surface area contributed by atoms with E-state index in [2.05, 4.69) is 17.4 Å². The molecule has 0 radical (unpaired) electrons. The first-order valence-corrected chi connectivity index (χ1v) is 10.4. The maximum absolute atomic E-state index is 12.2. The molecular weight excluding hydrogens is 374 g/mol. The summed E-state index contributed by atoms with van der Waals surface area (Å²) in [6, 6.07) is 13.8. The van der Waals surface area contributed by atoms with Crippen molar-refractivity contribution in [2.45, 2.75) is 43.7 Å². The van der Waals surface area contributed by atoms with Crippen LogP contribution >= 0.6 is 11.8 Å². The largest absolute Gasteiger partial charge is 0.496 e. The van der Waals surface area contributed by atoms with Crippen molar-refractivity contribution in [1.82, 2.24) is 5.32 Å². The van der Waals surface area contributed by atoms with E-state index in [1.807, 2.05) is 30.3 Å². The van der Waals surface area contributed by atoms with Crippen LogP contribution in [0.3, 0.4) is 0 Å². The second-order valence-corrected chi connectivity index (χ2v) is 7.78. The van der Waals surface area contributed by atoms with Gasteiger partial charge in [0.2, 0.25) is 0 Å². The van der Waals surface area contributed by atoms with Crippen LogP contribution in [0.2, 0.25) is 0 Å². The first-order valence-electron chi connectivity index (χ1n) is 9.40. The van der Waals surface area contributed by atoms with Gasteiger partial charge >= 0.3 is 5.97 Å². The number of fused-ring (bicyclic) bond motifs is 1. The van der Waals surface area contributed by atoms with Gasteiger partial charge in [0.15, 0.2) is 6.10 Å². The number of ether oxygens (including phenoxy) is 2. The van der Waals surface area contributed by atoms with Crippen LogP contribution in [0.5, 0.6) is 5.75 Å². The van der Waals surface area contributed by atoms with Gasteiger partial charge in [-0.05, 0) is 55.5 Å². The van der Waals surface area contributed by atoms with E-state index in [4.69, 9.17) is 9.47 Å². The van der Waals surface area contributed by atoms with Crippen molar-refractivity contribution in [1.29, 1.82) is 0 Å². The third-order valence-corrected chi connectivity index (χ3v) is 5.72. The average molecular weight is 400 g/mol. The Morgan fingerprint density at radius 1 is 1.14 bits per heavy atom. The minimum absolute atomic E-state index is 0.183. The summed E-state index contributed by atoms with van der Waals surface area (Å²) in [6.45, 7) is 1.89. The summed E-state index contributed by atoms with van der Waals surface area (Å²) in [5.41, 5.74) is 3.65. The van der Waals surface area contributed by atoms with E-state index in [9.17, 15) is 9.59 Å². The van der Waals surface area contributed by atoms with Crippen LogP contribution in [0.15, 0.2) is 47.4 Å². The molecule has 0 spiro atoms. The zero-order valence-corrected chi connectivity index (χ0v) is 17.0. The minimum Gasteiger partial charge on any atom is -0.496 e. The number of hydrogen-bond acceptors (Lipinski definition) is 5. The number of para-hydroxylation sites is 1. The summed E-state index contributed by atoms with van der Waals surface area (Å²) in [4.78, 5) is 25.4. The molecular formula is C22H25NO4S. The molecule has 6 heteroatoms. The number of esters is 1. The Kier molecular flexibility index (Phi) is 6.98. The molecule has 1 amide bonds. The van der Waals surface area contributed by atoms with Gasteiger partial charge in [0.1, 0.15) is 5.75 Å². The SMILES string of the molecule is COc1ccccc1CNC(=O)[C@H](C)OC(=O)CSc1ccc2c(c1)CCC2. The highest BCUT2D eigenvalue weighted by Gasteiger charge is 2.18. The predicted octanol–water partition coefficient (Wildman–Crippen LogP) is 3.52. The van der Waals surface area contributed by atoms with E-state index >= 15 is 0 Å². The molecule has 0 fully saturated rings. The van der Waals surface area contributed by atoms with Gasteiger partial charge in [0, 0.05) is 17.0 Å². The third-order valence-electron chi connectivity index (χ3n) is 4.75. The fourth-order valence-electron chi connectivity index (χ4n) is 3.24. The normalized spacial score (nSPS) is 13.5. The summed E-state index contributed by atoms with van der Waals surface area (Å²) in [5, 5.41) is 2.78. The van der Waals surface area contributed by atoms with Gasteiger partial charge in [-0.1, -0.05) is 24.3 Å². The first kappa shape index (κ1) is 20.3. The van der Waals surface area contributed by atoms with Crippen molar-refractivity contribution in [3.05, 3.63) is 59.2 Å². The number of aryl methyl sites for hydroxylation is 2. The Morgan fingerprint density at radius 3 is 2.75 bits per heavy atom. The van der Waals surface area contributed by atoms with Crippen molar-refractivity contribution in [3.63, 3.8) is 0 Å². The van der Waals surface area contributed by atoms with Crippen LogP contribution in [0.25, 0.3) is 0 Å². The highest BCUT2D eigenvalue weighted by atomic mass is 32.2. The van der Waals surface area contributed by atoms with Crippen molar-refractivity contribution in [3.8, 4) is 5.75 Å². The highest BCUT2D eigenvalue weighted by Crippen LogP contribution is 2.27. The number of benzene rings is 2. The number of carbonyl (C=O) groups is 2. The molecule has 0 bridgehead atoms. The standard InChI is InChI=1S/C22H25NO4S/c1-15(22(25)23-13-18-6-3-4-9-20(18)26-2)27-21(24)14-28-19-11-10-16-7-5-8-17(16)12-19/h3-4,6,9-12,15H,5,7-8,13-14H2,1-2H3,(H,23,25)/t15-/m0/s1. The number of methoxy groups -OCH3 is 1. The lowest BCUT2D eigenvalue weighted by molar-refractivity contribution is -0.152. The Hall–Kier alpha value is -2.47. The summed E-state index contributed by atoms with van der Waals surface area (Å²) in [6.07, 6.45) is 2.61. The van der Waals surface area contributed by atoms with Crippen molar-refractivity contribution in [2.24, 2.45) is 0 Å². The van der Waals surface area contributed by atoms with E-state index in [1.54, 1.807) is 14.0 Å². The van der Waals surface area contributed by atoms with E-state index < -0.39 is 12.1 Å². The molecule has 1 aliphatic rings. The fourth-order valence-corrected chi connectivity index (χ4v) is 3.98. The monoisotopic (exact) mass is 399 g/mol. The van der Waals surface area contributed by atoms with Crippen LogP contribution in [0, 0.1) is 0 Å². The van der Waals surface area contributed by atoms with Crippen LogP contribution in [0.4, 0.5) is 0 Å². The third kappa shape index (κ3) is 5.29. The fraction of sp³-hybridized carbons (Fsp3) is 0.364. The van der Waals surface area contributed by atoms with Gasteiger partial charge in [0.25, 0.3) is 5.91 Å². The predicted molar refractivity (Wildman–Crippen MR) is 110 cm³/mol. The lowest BCUT2D eigenvalue weighted by Crippen LogP contribution is -2.35. The van der Waals surface area contributed by atoms with Crippen molar-refractivity contribution in [2.75, 3.05) is 12.9 Å². The highest BCUT2D eigenvalue weighted by molar-refractivity contribution is 8.00. The lowest BCUT2D eigenvalue weighted by Gasteiger charge is -2.14. The number of carbonyl (C=O) groups excluding carboxylic acids is 2. The molecule has 0 saturated heterocycles. The van der Waals surface area contributed by atoms with Gasteiger partial charge in [-0.25, -0.2) is 0 Å². The minimum atomic E-state index is -0.845. The Bertz CT molecular complexity index is 852. The van der Waals surface area contributed by atoms with E-state index in [0.29, 0.717) is 12.3 Å². The zero-order chi connectivity index (χ0) is 19.9. The molecule has 5 nitrogen and oxygen atoms in total. The second-order valence-electron chi connectivity index (χ2n) is 6.73. The van der Waals surface area contributed by atoms with Gasteiger partial charge in [-0.3, -0.25) is 9.59 Å².